The number of ether oxygens (including phenoxy) is 3. The van der Waals surface area contributed by atoms with E-state index in [9.17, 15) is 14.4 Å². The van der Waals surface area contributed by atoms with Crippen molar-refractivity contribution in [3.63, 3.8) is 0 Å². The van der Waals surface area contributed by atoms with E-state index in [1.54, 1.807) is 0 Å². The van der Waals surface area contributed by atoms with E-state index >= 15 is 0 Å². The number of carbonyl (C=O) groups excluding carboxylic acids is 3. The summed E-state index contributed by atoms with van der Waals surface area (Å²) in [4.78, 5) is 38.2. The highest BCUT2D eigenvalue weighted by molar-refractivity contribution is 5.71. The Morgan fingerprint density at radius 1 is 0.269 bits per heavy atom. The molecule has 0 aromatic rings. The molecule has 0 amide bonds. The Morgan fingerprint density at radius 2 is 0.513 bits per heavy atom. The van der Waals surface area contributed by atoms with Gasteiger partial charge in [-0.05, 0) is 109 Å². The van der Waals surface area contributed by atoms with Gasteiger partial charge in [0.05, 0.1) is 0 Å². The summed E-state index contributed by atoms with van der Waals surface area (Å²) in [5.74, 6) is -0.922. The molecule has 0 aliphatic heterocycles. The molecule has 0 heterocycles. The minimum absolute atomic E-state index is 0.0892. The van der Waals surface area contributed by atoms with Crippen LogP contribution in [0.3, 0.4) is 0 Å². The number of unbranched alkanes of at least 4 members (excludes halogenated alkanes) is 36. The van der Waals surface area contributed by atoms with Crippen LogP contribution < -0.4 is 0 Å². The van der Waals surface area contributed by atoms with Gasteiger partial charge in [-0.2, -0.15) is 0 Å². The first-order valence-electron chi connectivity index (χ1n) is 33.6. The van der Waals surface area contributed by atoms with Gasteiger partial charge in [-0.25, -0.2) is 0 Å². The molecular formula is C72H126O6. The van der Waals surface area contributed by atoms with Crippen molar-refractivity contribution in [2.24, 2.45) is 0 Å². The van der Waals surface area contributed by atoms with Crippen LogP contribution in [0.5, 0.6) is 0 Å². The van der Waals surface area contributed by atoms with E-state index in [1.165, 1.54) is 180 Å². The minimum Gasteiger partial charge on any atom is -0.462 e. The quantitative estimate of drug-likeness (QED) is 0.0261. The second-order valence-corrected chi connectivity index (χ2v) is 22.3. The third kappa shape index (κ3) is 63.4. The molecule has 6 heteroatoms. The summed E-state index contributed by atoms with van der Waals surface area (Å²) < 4.78 is 16.9. The number of esters is 3. The zero-order valence-electron chi connectivity index (χ0n) is 51.7. The largest absolute Gasteiger partial charge is 0.462 e. The number of hydrogen-bond donors (Lipinski definition) is 0. The molecular weight excluding hydrogens is 961 g/mol. The lowest BCUT2D eigenvalue weighted by Gasteiger charge is -2.18. The van der Waals surface area contributed by atoms with Gasteiger partial charge in [0.1, 0.15) is 13.2 Å². The van der Waals surface area contributed by atoms with Crippen molar-refractivity contribution in [2.45, 2.75) is 341 Å². The summed E-state index contributed by atoms with van der Waals surface area (Å²) in [5, 5.41) is 0. The molecule has 0 radical (unpaired) electrons. The number of carbonyl (C=O) groups is 3. The number of hydrogen-bond acceptors (Lipinski definition) is 6. The lowest BCUT2D eigenvalue weighted by molar-refractivity contribution is -0.167. The number of rotatable bonds is 61. The zero-order valence-corrected chi connectivity index (χ0v) is 51.7. The minimum atomic E-state index is -0.795. The highest BCUT2D eigenvalue weighted by atomic mass is 16.6. The highest BCUT2D eigenvalue weighted by Gasteiger charge is 2.19. The van der Waals surface area contributed by atoms with Crippen LogP contribution in [0.2, 0.25) is 0 Å². The van der Waals surface area contributed by atoms with Gasteiger partial charge in [0.15, 0.2) is 6.10 Å². The van der Waals surface area contributed by atoms with Gasteiger partial charge in [0.25, 0.3) is 0 Å². The average Bonchev–Trinajstić information content (AvgIpc) is 3.44. The molecule has 0 aliphatic rings. The molecule has 0 saturated heterocycles. The Balaban J connectivity index is 4.12. The fourth-order valence-corrected chi connectivity index (χ4v) is 9.57. The summed E-state index contributed by atoms with van der Waals surface area (Å²) in [7, 11) is 0. The molecule has 1 unspecified atom stereocenters. The van der Waals surface area contributed by atoms with E-state index in [4.69, 9.17) is 14.2 Å². The van der Waals surface area contributed by atoms with Gasteiger partial charge in [0.2, 0.25) is 0 Å². The van der Waals surface area contributed by atoms with E-state index in [1.807, 2.05) is 0 Å². The molecule has 78 heavy (non-hydrogen) atoms. The lowest BCUT2D eigenvalue weighted by Crippen LogP contribution is -2.30. The summed E-state index contributed by atoms with van der Waals surface area (Å²) >= 11 is 0. The fourth-order valence-electron chi connectivity index (χ4n) is 9.57. The molecule has 6 nitrogen and oxygen atoms in total. The molecule has 0 N–H and O–H groups in total. The van der Waals surface area contributed by atoms with E-state index in [0.29, 0.717) is 19.3 Å². The van der Waals surface area contributed by atoms with Gasteiger partial charge in [-0.3, -0.25) is 14.4 Å². The first-order valence-corrected chi connectivity index (χ1v) is 33.6. The van der Waals surface area contributed by atoms with Gasteiger partial charge in [-0.15, -0.1) is 0 Å². The SMILES string of the molecule is CC/C=C\C/C=C\C/C=C\CCCCCC(=O)OCC(COC(=O)CCCCCCCCCCCCCCCCCCCCCCC/C=C\C/C=C\CCCCCCC)OC(=O)CCCCCCC/C=C\C/C=C\CCCC. The van der Waals surface area contributed by atoms with Gasteiger partial charge in [0, 0.05) is 19.3 Å². The van der Waals surface area contributed by atoms with Crippen molar-refractivity contribution in [1.82, 2.24) is 0 Å². The smallest absolute Gasteiger partial charge is 0.306 e. The normalized spacial score (nSPS) is 12.6. The predicted molar refractivity (Wildman–Crippen MR) is 339 cm³/mol. The molecule has 0 bridgehead atoms. The maximum Gasteiger partial charge on any atom is 0.306 e. The molecule has 0 aromatic heterocycles. The van der Waals surface area contributed by atoms with Crippen LogP contribution in [-0.2, 0) is 28.6 Å². The maximum atomic E-state index is 12.9. The molecule has 0 spiro atoms. The Hall–Kier alpha value is -3.41. The van der Waals surface area contributed by atoms with Gasteiger partial charge in [-0.1, -0.05) is 292 Å². The van der Waals surface area contributed by atoms with E-state index in [0.717, 1.165) is 116 Å². The van der Waals surface area contributed by atoms with Crippen molar-refractivity contribution in [3.8, 4) is 0 Å². The molecule has 0 fully saturated rings. The Morgan fingerprint density at radius 3 is 0.833 bits per heavy atom. The first kappa shape index (κ1) is 74.6. The van der Waals surface area contributed by atoms with E-state index in [-0.39, 0.29) is 31.1 Å². The number of allylic oxidation sites excluding steroid dienone is 14. The summed E-state index contributed by atoms with van der Waals surface area (Å²) in [6, 6.07) is 0. The van der Waals surface area contributed by atoms with Crippen molar-refractivity contribution < 1.29 is 28.6 Å². The van der Waals surface area contributed by atoms with Crippen molar-refractivity contribution >= 4 is 17.9 Å². The van der Waals surface area contributed by atoms with Crippen LogP contribution in [0.15, 0.2) is 85.1 Å². The predicted octanol–water partition coefficient (Wildman–Crippen LogP) is 23.1. The van der Waals surface area contributed by atoms with E-state index in [2.05, 4.69) is 106 Å². The molecule has 450 valence electrons. The second kappa shape index (κ2) is 66.1. The summed E-state index contributed by atoms with van der Waals surface area (Å²) in [6.07, 6.45) is 87.7. The van der Waals surface area contributed by atoms with Crippen molar-refractivity contribution in [1.29, 1.82) is 0 Å². The third-order valence-corrected chi connectivity index (χ3v) is 14.6. The highest BCUT2D eigenvalue weighted by Crippen LogP contribution is 2.17. The van der Waals surface area contributed by atoms with Crippen LogP contribution in [0.1, 0.15) is 335 Å². The standard InChI is InChI=1S/C72H126O6/c1-4-7-10-13-16-19-22-25-27-28-29-30-31-32-33-34-35-36-37-38-39-40-41-42-43-44-45-48-50-53-56-59-62-65-71(74)77-68-69(67-76-70(73)64-61-58-55-52-49-46-24-21-18-15-12-9-6-3)78-72(75)66-63-60-57-54-51-47-26-23-20-17-14-11-8-5-2/h9,12,14,17-18,21-23,25-26,28-29,46,49,69H,4-8,10-11,13,15-16,19-20,24,27,30-45,47-48,50-68H2,1-3H3/b12-9-,17-14-,21-18-,25-22-,26-23-,29-28-,49-46-. The molecule has 0 aliphatic carbocycles. The Kier molecular flexibility index (Phi) is 63.2. The van der Waals surface area contributed by atoms with E-state index < -0.39 is 6.10 Å². The van der Waals surface area contributed by atoms with Gasteiger partial charge < -0.3 is 14.2 Å². The van der Waals surface area contributed by atoms with Crippen molar-refractivity contribution in [2.75, 3.05) is 13.2 Å². The third-order valence-electron chi connectivity index (χ3n) is 14.6. The molecule has 0 aromatic carbocycles. The zero-order chi connectivity index (χ0) is 56.4. The van der Waals surface area contributed by atoms with Crippen molar-refractivity contribution in [3.05, 3.63) is 85.1 Å². The second-order valence-electron chi connectivity index (χ2n) is 22.3. The van der Waals surface area contributed by atoms with Crippen LogP contribution in [-0.4, -0.2) is 37.2 Å². The lowest BCUT2D eigenvalue weighted by atomic mass is 10.0. The van der Waals surface area contributed by atoms with Crippen LogP contribution in [0, 0.1) is 0 Å². The molecule has 1 atom stereocenters. The first-order chi connectivity index (χ1) is 38.5. The molecule has 0 rings (SSSR count). The summed E-state index contributed by atoms with van der Waals surface area (Å²) in [6.45, 7) is 6.47. The fraction of sp³-hybridized carbons (Fsp3) is 0.764. The molecule has 0 saturated carbocycles. The Bertz CT molecular complexity index is 1480. The summed E-state index contributed by atoms with van der Waals surface area (Å²) in [5.41, 5.74) is 0. The average molecular weight is 1090 g/mol. The topological polar surface area (TPSA) is 78.9 Å². The van der Waals surface area contributed by atoms with Crippen LogP contribution >= 0.6 is 0 Å². The maximum absolute atomic E-state index is 12.9. The Labute approximate surface area is 484 Å². The van der Waals surface area contributed by atoms with Crippen LogP contribution in [0.25, 0.3) is 0 Å². The monoisotopic (exact) mass is 1090 g/mol. The van der Waals surface area contributed by atoms with Crippen LogP contribution in [0.4, 0.5) is 0 Å². The van der Waals surface area contributed by atoms with Gasteiger partial charge >= 0.3 is 17.9 Å².